The summed E-state index contributed by atoms with van der Waals surface area (Å²) in [5.74, 6) is 0. The maximum Gasteiger partial charge on any atom is 0.123 e. The molecule has 0 radical (unpaired) electrons. The normalized spacial score (nSPS) is 21.0. The first-order chi connectivity index (χ1) is 6.70. The first-order valence-corrected chi connectivity index (χ1v) is 5.52. The van der Waals surface area contributed by atoms with E-state index in [1.54, 1.807) is 6.33 Å². The SMILES string of the molecule is Cc1[nH]cnc1C[N+]1(C)CCCCC1. The van der Waals surface area contributed by atoms with E-state index in [-0.39, 0.29) is 0 Å². The van der Waals surface area contributed by atoms with Crippen LogP contribution >= 0.6 is 0 Å². The highest BCUT2D eigenvalue weighted by atomic mass is 15.3. The summed E-state index contributed by atoms with van der Waals surface area (Å²) in [5.41, 5.74) is 2.48. The molecule has 1 saturated heterocycles. The van der Waals surface area contributed by atoms with E-state index in [4.69, 9.17) is 0 Å². The van der Waals surface area contributed by atoms with Gasteiger partial charge in [0.2, 0.25) is 0 Å². The van der Waals surface area contributed by atoms with Crippen LogP contribution < -0.4 is 0 Å². The quantitative estimate of drug-likeness (QED) is 0.715. The van der Waals surface area contributed by atoms with Gasteiger partial charge in [0, 0.05) is 5.69 Å². The Bertz CT molecular complexity index is 297. The largest absolute Gasteiger partial charge is 0.348 e. The van der Waals surface area contributed by atoms with Gasteiger partial charge in [0.25, 0.3) is 0 Å². The average Bonchev–Trinajstić information content (AvgIpc) is 2.52. The molecule has 0 atom stereocenters. The molecule has 0 bridgehead atoms. The van der Waals surface area contributed by atoms with E-state index in [1.807, 2.05) is 0 Å². The second-order valence-electron chi connectivity index (χ2n) is 4.76. The lowest BCUT2D eigenvalue weighted by Gasteiger charge is -2.37. The number of aromatic nitrogens is 2. The molecule has 1 aliphatic heterocycles. The molecule has 1 aromatic heterocycles. The van der Waals surface area contributed by atoms with Gasteiger partial charge in [-0.1, -0.05) is 0 Å². The highest BCUT2D eigenvalue weighted by Gasteiger charge is 2.26. The van der Waals surface area contributed by atoms with Crippen molar-refractivity contribution in [2.24, 2.45) is 0 Å². The number of rotatable bonds is 2. The van der Waals surface area contributed by atoms with Crippen molar-refractivity contribution in [3.8, 4) is 0 Å². The summed E-state index contributed by atoms with van der Waals surface area (Å²) in [4.78, 5) is 7.54. The molecule has 2 heterocycles. The van der Waals surface area contributed by atoms with Crippen LogP contribution in [0.25, 0.3) is 0 Å². The van der Waals surface area contributed by atoms with Crippen LogP contribution in [0.15, 0.2) is 6.33 Å². The maximum absolute atomic E-state index is 4.38. The predicted molar refractivity (Wildman–Crippen MR) is 56.8 cm³/mol. The first kappa shape index (κ1) is 9.71. The van der Waals surface area contributed by atoms with Crippen molar-refractivity contribution < 1.29 is 4.48 Å². The maximum atomic E-state index is 4.38. The van der Waals surface area contributed by atoms with Crippen LogP contribution in [0.2, 0.25) is 0 Å². The van der Waals surface area contributed by atoms with E-state index >= 15 is 0 Å². The lowest BCUT2D eigenvalue weighted by Crippen LogP contribution is -2.47. The van der Waals surface area contributed by atoms with Crippen LogP contribution in [0, 0.1) is 6.92 Å². The Kier molecular flexibility index (Phi) is 2.59. The van der Waals surface area contributed by atoms with Gasteiger partial charge in [-0.15, -0.1) is 0 Å². The van der Waals surface area contributed by atoms with Crippen molar-refractivity contribution in [2.75, 3.05) is 20.1 Å². The monoisotopic (exact) mass is 194 g/mol. The van der Waals surface area contributed by atoms with Gasteiger partial charge in [-0.25, -0.2) is 4.98 Å². The summed E-state index contributed by atoms with van der Waals surface area (Å²) in [5, 5.41) is 0. The number of aryl methyl sites for hydroxylation is 1. The highest BCUT2D eigenvalue weighted by Crippen LogP contribution is 2.20. The molecule has 0 saturated carbocycles. The van der Waals surface area contributed by atoms with Gasteiger partial charge < -0.3 is 9.47 Å². The topological polar surface area (TPSA) is 28.7 Å². The zero-order valence-corrected chi connectivity index (χ0v) is 9.21. The fourth-order valence-corrected chi connectivity index (χ4v) is 2.34. The zero-order valence-electron chi connectivity index (χ0n) is 9.21. The minimum absolute atomic E-state index is 1.09. The molecule has 14 heavy (non-hydrogen) atoms. The second kappa shape index (κ2) is 3.73. The fraction of sp³-hybridized carbons (Fsp3) is 0.727. The number of nitrogens with zero attached hydrogens (tertiary/aromatic N) is 2. The molecule has 78 valence electrons. The minimum Gasteiger partial charge on any atom is -0.348 e. The molecule has 0 amide bonds. The molecular weight excluding hydrogens is 174 g/mol. The smallest absolute Gasteiger partial charge is 0.123 e. The highest BCUT2D eigenvalue weighted by molar-refractivity contribution is 5.06. The summed E-state index contributed by atoms with van der Waals surface area (Å²) in [6.07, 6.45) is 5.97. The van der Waals surface area contributed by atoms with Gasteiger partial charge in [0.05, 0.1) is 26.5 Å². The van der Waals surface area contributed by atoms with E-state index in [0.717, 1.165) is 6.54 Å². The summed E-state index contributed by atoms with van der Waals surface area (Å²) in [7, 11) is 2.35. The Balaban J connectivity index is 2.05. The van der Waals surface area contributed by atoms with Crippen LogP contribution in [0.4, 0.5) is 0 Å². The molecule has 1 N–H and O–H groups in total. The Hall–Kier alpha value is -0.830. The van der Waals surface area contributed by atoms with E-state index in [0.29, 0.717) is 0 Å². The molecule has 1 aromatic rings. The number of likely N-dealkylation sites (tertiary alicyclic amines) is 1. The predicted octanol–water partition coefficient (Wildman–Crippen LogP) is 1.85. The van der Waals surface area contributed by atoms with Crippen molar-refractivity contribution in [1.82, 2.24) is 9.97 Å². The third-order valence-electron chi connectivity index (χ3n) is 3.36. The summed E-state index contributed by atoms with van der Waals surface area (Å²) >= 11 is 0. The molecule has 0 unspecified atom stereocenters. The molecule has 1 fully saturated rings. The molecule has 1 aliphatic rings. The van der Waals surface area contributed by atoms with E-state index < -0.39 is 0 Å². The summed E-state index contributed by atoms with van der Waals surface area (Å²) < 4.78 is 1.17. The average molecular weight is 194 g/mol. The molecule has 0 aromatic carbocycles. The number of hydrogen-bond donors (Lipinski definition) is 1. The lowest BCUT2D eigenvalue weighted by molar-refractivity contribution is -0.927. The standard InChI is InChI=1S/C11H20N3/c1-10-11(13-9-12-10)8-14(2)6-4-3-5-7-14/h9H,3-8H2,1-2H3,(H,12,13)/q+1. The van der Waals surface area contributed by atoms with E-state index in [2.05, 4.69) is 23.9 Å². The Morgan fingerprint density at radius 1 is 1.36 bits per heavy atom. The van der Waals surface area contributed by atoms with Gasteiger partial charge in [0.1, 0.15) is 12.2 Å². The zero-order chi connectivity index (χ0) is 10.0. The van der Waals surface area contributed by atoms with E-state index in [1.165, 1.54) is 48.2 Å². The van der Waals surface area contributed by atoms with Gasteiger partial charge in [-0.05, 0) is 26.2 Å². The molecule has 0 aliphatic carbocycles. The van der Waals surface area contributed by atoms with Crippen molar-refractivity contribution in [3.05, 3.63) is 17.7 Å². The fourth-order valence-electron chi connectivity index (χ4n) is 2.34. The van der Waals surface area contributed by atoms with Crippen LogP contribution in [0.3, 0.4) is 0 Å². The summed E-state index contributed by atoms with van der Waals surface area (Å²) in [6, 6.07) is 0. The van der Waals surface area contributed by atoms with Crippen LogP contribution in [-0.2, 0) is 6.54 Å². The molecule has 2 rings (SSSR count). The molecular formula is C11H20N3+. The van der Waals surface area contributed by atoms with Crippen molar-refractivity contribution in [3.63, 3.8) is 0 Å². The summed E-state index contributed by atoms with van der Waals surface area (Å²) in [6.45, 7) is 5.83. The molecule has 3 heteroatoms. The Labute approximate surface area is 85.7 Å². The van der Waals surface area contributed by atoms with Crippen molar-refractivity contribution in [1.29, 1.82) is 0 Å². The second-order valence-corrected chi connectivity index (χ2v) is 4.76. The third kappa shape index (κ3) is 1.98. The lowest BCUT2D eigenvalue weighted by atomic mass is 10.1. The van der Waals surface area contributed by atoms with Crippen molar-refractivity contribution >= 4 is 0 Å². The van der Waals surface area contributed by atoms with Crippen LogP contribution in [0.5, 0.6) is 0 Å². The number of aromatic amines is 1. The Morgan fingerprint density at radius 2 is 2.07 bits per heavy atom. The number of quaternary nitrogens is 1. The number of imidazole rings is 1. The van der Waals surface area contributed by atoms with Crippen molar-refractivity contribution in [2.45, 2.75) is 32.7 Å². The minimum atomic E-state index is 1.09. The van der Waals surface area contributed by atoms with Gasteiger partial charge in [-0.2, -0.15) is 0 Å². The van der Waals surface area contributed by atoms with Crippen LogP contribution in [-0.4, -0.2) is 34.6 Å². The number of piperidine rings is 1. The van der Waals surface area contributed by atoms with Gasteiger partial charge in [-0.3, -0.25) is 0 Å². The van der Waals surface area contributed by atoms with Gasteiger partial charge in [0.15, 0.2) is 0 Å². The third-order valence-corrected chi connectivity index (χ3v) is 3.36. The first-order valence-electron chi connectivity index (χ1n) is 5.52. The van der Waals surface area contributed by atoms with E-state index in [9.17, 15) is 0 Å². The van der Waals surface area contributed by atoms with Gasteiger partial charge >= 0.3 is 0 Å². The number of nitrogens with one attached hydrogen (secondary N) is 1. The Morgan fingerprint density at radius 3 is 2.64 bits per heavy atom. The molecule has 3 nitrogen and oxygen atoms in total. The molecule has 0 spiro atoms. The van der Waals surface area contributed by atoms with Crippen LogP contribution in [0.1, 0.15) is 30.7 Å². The number of H-pyrrole nitrogens is 1. The number of hydrogen-bond acceptors (Lipinski definition) is 1.